The third-order valence-electron chi connectivity index (χ3n) is 2.12. The second-order valence-electron chi connectivity index (χ2n) is 3.99. The molecule has 3 nitrogen and oxygen atoms in total. The van der Waals surface area contributed by atoms with Crippen molar-refractivity contribution in [3.8, 4) is 0 Å². The molecule has 0 saturated carbocycles. The second-order valence-corrected chi connectivity index (χ2v) is 3.99. The fraction of sp³-hybridized carbons (Fsp3) is 0.417. The summed E-state index contributed by atoms with van der Waals surface area (Å²) in [6, 6.07) is 7.08. The third-order valence-corrected chi connectivity index (χ3v) is 2.12. The number of carboxylic acid groups (broad SMARTS) is 1. The van der Waals surface area contributed by atoms with Gasteiger partial charge in [-0.15, -0.1) is 12.4 Å². The van der Waals surface area contributed by atoms with Crippen LogP contribution in [0.2, 0.25) is 0 Å². The van der Waals surface area contributed by atoms with E-state index in [4.69, 9.17) is 5.11 Å². The van der Waals surface area contributed by atoms with Gasteiger partial charge in [-0.2, -0.15) is 0 Å². The highest BCUT2D eigenvalue weighted by atomic mass is 35.5. The molecule has 1 aromatic carbocycles. The van der Waals surface area contributed by atoms with Crippen LogP contribution >= 0.6 is 12.4 Å². The van der Waals surface area contributed by atoms with E-state index in [2.05, 4.69) is 19.2 Å². The third kappa shape index (κ3) is 4.64. The number of carbonyl (C=O) groups is 1. The van der Waals surface area contributed by atoms with Gasteiger partial charge < -0.3 is 10.4 Å². The Kier molecular flexibility index (Phi) is 6.77. The predicted molar refractivity (Wildman–Crippen MR) is 67.2 cm³/mol. The number of carboxylic acids is 1. The molecule has 4 heteroatoms. The molecule has 0 fully saturated rings. The van der Waals surface area contributed by atoms with Gasteiger partial charge in [0.2, 0.25) is 0 Å². The number of hydrogen-bond donors (Lipinski definition) is 2. The van der Waals surface area contributed by atoms with Gasteiger partial charge in [-0.3, -0.25) is 0 Å². The molecule has 1 rings (SSSR count). The molecule has 0 saturated heterocycles. The van der Waals surface area contributed by atoms with Crippen molar-refractivity contribution in [2.24, 2.45) is 5.92 Å². The molecule has 0 heterocycles. The van der Waals surface area contributed by atoms with Gasteiger partial charge in [-0.25, -0.2) is 4.79 Å². The molecule has 0 bridgehead atoms. The molecule has 90 valence electrons. The molecule has 0 amide bonds. The number of halogens is 1. The maximum atomic E-state index is 10.9. The highest BCUT2D eigenvalue weighted by Gasteiger charge is 2.07. The molecular weight excluding hydrogens is 226 g/mol. The normalized spacial score (nSPS) is 9.94. The van der Waals surface area contributed by atoms with E-state index >= 15 is 0 Å². The predicted octanol–water partition coefficient (Wildman–Crippen LogP) is 2.55. The monoisotopic (exact) mass is 243 g/mol. The van der Waals surface area contributed by atoms with Crippen molar-refractivity contribution < 1.29 is 9.90 Å². The van der Waals surface area contributed by atoms with Crippen molar-refractivity contribution in [2.75, 3.05) is 6.54 Å². The average Bonchev–Trinajstić information content (AvgIpc) is 2.17. The van der Waals surface area contributed by atoms with Gasteiger partial charge >= 0.3 is 5.97 Å². The van der Waals surface area contributed by atoms with Crippen molar-refractivity contribution in [3.05, 3.63) is 35.4 Å². The van der Waals surface area contributed by atoms with E-state index in [1.165, 1.54) is 0 Å². The van der Waals surface area contributed by atoms with Gasteiger partial charge in [0.15, 0.2) is 0 Å². The second kappa shape index (κ2) is 7.25. The maximum absolute atomic E-state index is 10.9. The zero-order valence-corrected chi connectivity index (χ0v) is 10.4. The first-order chi connectivity index (χ1) is 7.11. The van der Waals surface area contributed by atoms with Crippen molar-refractivity contribution in [3.63, 3.8) is 0 Å². The molecule has 1 aromatic rings. The van der Waals surface area contributed by atoms with Crippen LogP contribution in [0.25, 0.3) is 0 Å². The van der Waals surface area contributed by atoms with Crippen LogP contribution in [0.5, 0.6) is 0 Å². The molecular formula is C12H18ClNO2. The Hall–Kier alpha value is -1.06. The van der Waals surface area contributed by atoms with Gasteiger partial charge in [0, 0.05) is 6.54 Å². The topological polar surface area (TPSA) is 49.3 Å². The molecule has 16 heavy (non-hydrogen) atoms. The van der Waals surface area contributed by atoms with Gasteiger partial charge in [-0.1, -0.05) is 32.0 Å². The van der Waals surface area contributed by atoms with Crippen molar-refractivity contribution in [2.45, 2.75) is 20.4 Å². The van der Waals surface area contributed by atoms with Gasteiger partial charge in [0.05, 0.1) is 5.56 Å². The lowest BCUT2D eigenvalue weighted by atomic mass is 10.1. The molecule has 0 aliphatic heterocycles. The summed E-state index contributed by atoms with van der Waals surface area (Å²) < 4.78 is 0. The number of rotatable bonds is 5. The number of benzene rings is 1. The Morgan fingerprint density at radius 3 is 2.56 bits per heavy atom. The van der Waals surface area contributed by atoms with E-state index in [0.29, 0.717) is 18.0 Å². The smallest absolute Gasteiger partial charge is 0.336 e. The first kappa shape index (κ1) is 14.9. The van der Waals surface area contributed by atoms with Crippen molar-refractivity contribution in [1.82, 2.24) is 5.32 Å². The summed E-state index contributed by atoms with van der Waals surface area (Å²) in [5.74, 6) is -0.293. The summed E-state index contributed by atoms with van der Waals surface area (Å²) in [5.41, 5.74) is 1.22. The van der Waals surface area contributed by atoms with Crippen LogP contribution in [0.4, 0.5) is 0 Å². The van der Waals surface area contributed by atoms with Crippen LogP contribution in [0.15, 0.2) is 24.3 Å². The lowest BCUT2D eigenvalue weighted by Gasteiger charge is -2.09. The number of hydrogen-bond acceptors (Lipinski definition) is 2. The van der Waals surface area contributed by atoms with Crippen molar-refractivity contribution >= 4 is 18.4 Å². The summed E-state index contributed by atoms with van der Waals surface area (Å²) in [6.07, 6.45) is 0. The summed E-state index contributed by atoms with van der Waals surface area (Å²) in [7, 11) is 0. The maximum Gasteiger partial charge on any atom is 0.336 e. The zero-order chi connectivity index (χ0) is 11.3. The van der Waals surface area contributed by atoms with Crippen molar-refractivity contribution in [1.29, 1.82) is 0 Å². The fourth-order valence-electron chi connectivity index (χ4n) is 1.38. The summed E-state index contributed by atoms with van der Waals surface area (Å²) in [5, 5.41) is 12.2. The van der Waals surface area contributed by atoms with E-state index in [0.717, 1.165) is 12.1 Å². The van der Waals surface area contributed by atoms with Gasteiger partial charge in [0.1, 0.15) is 0 Å². The highest BCUT2D eigenvalue weighted by molar-refractivity contribution is 5.89. The van der Waals surface area contributed by atoms with E-state index < -0.39 is 5.97 Å². The Balaban J connectivity index is 0.00000225. The minimum absolute atomic E-state index is 0. The summed E-state index contributed by atoms with van der Waals surface area (Å²) in [4.78, 5) is 10.9. The van der Waals surface area contributed by atoms with Crippen LogP contribution in [-0.4, -0.2) is 17.6 Å². The Morgan fingerprint density at radius 1 is 1.38 bits per heavy atom. The summed E-state index contributed by atoms with van der Waals surface area (Å²) in [6.45, 7) is 5.75. The molecule has 0 spiro atoms. The minimum atomic E-state index is -0.864. The molecule has 0 unspecified atom stereocenters. The van der Waals surface area contributed by atoms with E-state index in [9.17, 15) is 4.79 Å². The lowest BCUT2D eigenvalue weighted by Crippen LogP contribution is -2.20. The molecule has 0 radical (unpaired) electrons. The van der Waals surface area contributed by atoms with Crippen LogP contribution < -0.4 is 5.32 Å². The molecule has 0 atom stereocenters. The first-order valence-electron chi connectivity index (χ1n) is 5.13. The first-order valence-corrected chi connectivity index (χ1v) is 5.13. The molecule has 2 N–H and O–H groups in total. The standard InChI is InChI=1S/C12H17NO2.ClH/c1-9(2)7-13-8-10-5-3-4-6-11(10)12(14)15;/h3-6,9,13H,7-8H2,1-2H3,(H,14,15);1H. The highest BCUT2D eigenvalue weighted by Crippen LogP contribution is 2.08. The lowest BCUT2D eigenvalue weighted by molar-refractivity contribution is 0.0695. The van der Waals surface area contributed by atoms with Gasteiger partial charge in [0.25, 0.3) is 0 Å². The van der Waals surface area contributed by atoms with E-state index in [-0.39, 0.29) is 12.4 Å². The van der Waals surface area contributed by atoms with Gasteiger partial charge in [-0.05, 0) is 24.1 Å². The van der Waals surface area contributed by atoms with Crippen LogP contribution in [0.3, 0.4) is 0 Å². The SMILES string of the molecule is CC(C)CNCc1ccccc1C(=O)O.Cl. The quantitative estimate of drug-likeness (QED) is 0.836. The molecule has 0 aliphatic rings. The van der Waals surface area contributed by atoms with E-state index in [1.54, 1.807) is 12.1 Å². The fourth-order valence-corrected chi connectivity index (χ4v) is 1.38. The van der Waals surface area contributed by atoms with Crippen LogP contribution in [0.1, 0.15) is 29.8 Å². The zero-order valence-electron chi connectivity index (χ0n) is 9.56. The largest absolute Gasteiger partial charge is 0.478 e. The Labute approximate surface area is 102 Å². The summed E-state index contributed by atoms with van der Waals surface area (Å²) >= 11 is 0. The molecule has 0 aromatic heterocycles. The van der Waals surface area contributed by atoms with Crippen LogP contribution in [0, 0.1) is 5.92 Å². The molecule has 0 aliphatic carbocycles. The minimum Gasteiger partial charge on any atom is -0.478 e. The Morgan fingerprint density at radius 2 is 2.00 bits per heavy atom. The van der Waals surface area contributed by atoms with E-state index in [1.807, 2.05) is 12.1 Å². The van der Waals surface area contributed by atoms with Crippen LogP contribution in [-0.2, 0) is 6.54 Å². The Bertz CT molecular complexity index is 340. The average molecular weight is 244 g/mol. The number of aromatic carboxylic acids is 1. The number of nitrogens with one attached hydrogen (secondary N) is 1.